The zero-order valence-corrected chi connectivity index (χ0v) is 29.6. The Hall–Kier alpha value is -2.55. The Kier molecular flexibility index (Phi) is 7.16. The predicted octanol–water partition coefficient (Wildman–Crippen LogP) is 11.3. The van der Waals surface area contributed by atoms with Crippen molar-refractivity contribution in [2.45, 2.75) is 56.5 Å². The minimum atomic E-state index is -3.76. The molecule has 0 nitrogen and oxygen atoms in total. The molecule has 202 valence electrons. The zero-order valence-electron chi connectivity index (χ0n) is 25.0. The Morgan fingerprint density at radius 1 is 0.600 bits per heavy atom. The molecule has 0 aliphatic heterocycles. The van der Waals surface area contributed by atoms with E-state index in [4.69, 9.17) is 0 Å². The van der Waals surface area contributed by atoms with Crippen molar-refractivity contribution >= 4 is 17.6 Å². The predicted molar refractivity (Wildman–Crippen MR) is 175 cm³/mol. The molecule has 0 radical (unpaired) electrons. The molecule has 2 atom stereocenters. The first kappa shape index (κ1) is 27.6. The Labute approximate surface area is 242 Å². The molecule has 6 rings (SSSR count). The first-order chi connectivity index (χ1) is 19.3. The van der Waals surface area contributed by atoms with Gasteiger partial charge in [-0.05, 0) is 0 Å². The fraction of sp³-hybridized carbons (Fsp3) is 0.263. The molecular weight excluding hydrogens is 663 g/mol. The van der Waals surface area contributed by atoms with E-state index in [1.54, 1.807) is 11.1 Å². The van der Waals surface area contributed by atoms with Gasteiger partial charge in [-0.2, -0.15) is 0 Å². The van der Waals surface area contributed by atoms with E-state index in [1.165, 1.54) is 56.6 Å². The van der Waals surface area contributed by atoms with E-state index >= 15 is 0 Å². The second kappa shape index (κ2) is 10.4. The van der Waals surface area contributed by atoms with Crippen molar-refractivity contribution in [3.05, 3.63) is 130 Å². The maximum atomic E-state index is 2.87. The topological polar surface area (TPSA) is 0 Å². The average molecular weight is 705 g/mol. The van der Waals surface area contributed by atoms with Gasteiger partial charge in [0.2, 0.25) is 0 Å². The molecular formula is C38H42HfSi. The minimum absolute atomic E-state index is 0.558. The van der Waals surface area contributed by atoms with Crippen LogP contribution in [-0.2, 0) is 17.1 Å². The van der Waals surface area contributed by atoms with Crippen molar-refractivity contribution in [2.75, 3.05) is 0 Å². The Bertz CT molecular complexity index is 1640. The molecule has 40 heavy (non-hydrogen) atoms. The van der Waals surface area contributed by atoms with E-state index in [2.05, 4.69) is 146 Å². The summed E-state index contributed by atoms with van der Waals surface area (Å²) in [5, 5.41) is 0. The SMILES string of the molecule is CC[Si](CC)=[Hf]([CH3])([CH3])([CH]1C=Cc2c(-c3cccc(C)c3)cccc21)[CH]1C=Cc2c(-c3cccc(C)c3)cccc21. The van der Waals surface area contributed by atoms with Gasteiger partial charge in [0, 0.05) is 0 Å². The molecule has 0 spiro atoms. The molecule has 0 bridgehead atoms. The van der Waals surface area contributed by atoms with Crippen molar-refractivity contribution in [1.29, 1.82) is 0 Å². The Balaban J connectivity index is 1.56. The fourth-order valence-corrected chi connectivity index (χ4v) is 64.6. The molecule has 0 heterocycles. The molecule has 0 aromatic heterocycles. The average Bonchev–Trinajstić information content (AvgIpc) is 3.60. The summed E-state index contributed by atoms with van der Waals surface area (Å²) in [6.07, 6.45) is 10.3. The molecule has 0 saturated carbocycles. The van der Waals surface area contributed by atoms with Crippen molar-refractivity contribution in [3.8, 4) is 22.3 Å². The van der Waals surface area contributed by atoms with Gasteiger partial charge in [-0.3, -0.25) is 0 Å². The van der Waals surface area contributed by atoms with Crippen LogP contribution in [0.3, 0.4) is 0 Å². The molecule has 4 aromatic carbocycles. The fourth-order valence-electron chi connectivity index (χ4n) is 8.35. The second-order valence-corrected chi connectivity index (χ2v) is 59.3. The van der Waals surface area contributed by atoms with Crippen LogP contribution in [0.2, 0.25) is 21.4 Å². The van der Waals surface area contributed by atoms with Gasteiger partial charge in [0.25, 0.3) is 0 Å². The second-order valence-electron chi connectivity index (χ2n) is 13.0. The van der Waals surface area contributed by atoms with Gasteiger partial charge >= 0.3 is 244 Å². The number of fused-ring (bicyclic) bond motifs is 2. The van der Waals surface area contributed by atoms with E-state index in [9.17, 15) is 0 Å². The molecule has 2 heteroatoms. The summed E-state index contributed by atoms with van der Waals surface area (Å²) < 4.78 is 6.89. The molecule has 0 fully saturated rings. The van der Waals surface area contributed by atoms with Crippen molar-refractivity contribution in [3.63, 3.8) is 0 Å². The summed E-state index contributed by atoms with van der Waals surface area (Å²) in [5.41, 5.74) is 13.7. The monoisotopic (exact) mass is 706 g/mol. The van der Waals surface area contributed by atoms with Crippen LogP contribution in [0.5, 0.6) is 0 Å². The summed E-state index contributed by atoms with van der Waals surface area (Å²) in [4.78, 5) is 0. The van der Waals surface area contributed by atoms with E-state index in [-0.39, 0.29) is 0 Å². The first-order valence-electron chi connectivity index (χ1n) is 15.1. The summed E-state index contributed by atoms with van der Waals surface area (Å²) in [6.45, 7) is 9.39. The van der Waals surface area contributed by atoms with Crippen molar-refractivity contribution < 1.29 is 17.1 Å². The van der Waals surface area contributed by atoms with Gasteiger partial charge in [-0.1, -0.05) is 0 Å². The van der Waals surface area contributed by atoms with E-state index < -0.39 is 22.6 Å². The van der Waals surface area contributed by atoms with Crippen LogP contribution in [-0.4, -0.2) is 5.49 Å². The van der Waals surface area contributed by atoms with Gasteiger partial charge in [-0.25, -0.2) is 0 Å². The first-order valence-corrected chi connectivity index (χ1v) is 33.7. The molecule has 2 unspecified atom stereocenters. The van der Waals surface area contributed by atoms with Crippen LogP contribution in [0.15, 0.2) is 97.1 Å². The maximum absolute atomic E-state index is 3.76. The number of allylic oxidation sites excluding steroid dienone is 2. The summed E-state index contributed by atoms with van der Waals surface area (Å²) in [7, 11) is 0. The summed E-state index contributed by atoms with van der Waals surface area (Å²) >= 11 is -3.76. The summed E-state index contributed by atoms with van der Waals surface area (Å²) in [5.74, 6) is 0. The van der Waals surface area contributed by atoms with Crippen molar-refractivity contribution in [2.24, 2.45) is 0 Å². The van der Waals surface area contributed by atoms with Gasteiger partial charge < -0.3 is 0 Å². The number of hydrogen-bond acceptors (Lipinski definition) is 0. The normalized spacial score (nSPS) is 17.7. The van der Waals surface area contributed by atoms with Crippen LogP contribution >= 0.6 is 0 Å². The number of benzene rings is 4. The van der Waals surface area contributed by atoms with Gasteiger partial charge in [0.15, 0.2) is 0 Å². The van der Waals surface area contributed by atoms with E-state index in [1.807, 2.05) is 0 Å². The zero-order chi connectivity index (χ0) is 28.1. The number of aryl methyl sites for hydroxylation is 2. The standard InChI is InChI=1S/2C16H13.C4H10Si.2CH3.Hf/c2*1-12-5-2-8-14(11-12)16-10-4-7-13-6-3-9-15(13)16;1-3-5-4-2;;;/h2*2-11H,1H3;3-4H2,1-2H3;2*1H3;. The Morgan fingerprint density at radius 2 is 1.02 bits per heavy atom. The quantitative estimate of drug-likeness (QED) is 0.175. The molecule has 2 aliphatic rings. The number of rotatable bonds is 6. The number of hydrogen-bond donors (Lipinski definition) is 0. The molecule has 0 amide bonds. The van der Waals surface area contributed by atoms with E-state index in [0.717, 1.165) is 0 Å². The molecule has 2 aliphatic carbocycles. The van der Waals surface area contributed by atoms with Crippen LogP contribution in [0.1, 0.15) is 54.6 Å². The molecule has 4 aromatic rings. The third-order valence-electron chi connectivity index (χ3n) is 10.4. The van der Waals surface area contributed by atoms with Gasteiger partial charge in [0.1, 0.15) is 0 Å². The third-order valence-corrected chi connectivity index (χ3v) is 68.5. The van der Waals surface area contributed by atoms with E-state index in [0.29, 0.717) is 7.35 Å². The van der Waals surface area contributed by atoms with Crippen LogP contribution in [0.25, 0.3) is 34.4 Å². The van der Waals surface area contributed by atoms with Gasteiger partial charge in [-0.15, -0.1) is 0 Å². The van der Waals surface area contributed by atoms with Crippen LogP contribution < -0.4 is 0 Å². The van der Waals surface area contributed by atoms with Gasteiger partial charge in [0.05, 0.1) is 0 Å². The third kappa shape index (κ3) is 4.25. The van der Waals surface area contributed by atoms with Crippen LogP contribution in [0, 0.1) is 13.8 Å². The molecule has 0 saturated heterocycles. The Morgan fingerprint density at radius 3 is 1.43 bits per heavy atom. The summed E-state index contributed by atoms with van der Waals surface area (Å²) in [6, 6.07) is 35.0. The molecule has 0 N–H and O–H groups in total. The van der Waals surface area contributed by atoms with Crippen LogP contribution in [0.4, 0.5) is 0 Å². The van der Waals surface area contributed by atoms with Crippen molar-refractivity contribution in [1.82, 2.24) is 0 Å².